The van der Waals surface area contributed by atoms with Gasteiger partial charge in [-0.1, -0.05) is 50.3 Å². The number of thiophene rings is 1. The lowest BCUT2D eigenvalue weighted by atomic mass is 9.99. The van der Waals surface area contributed by atoms with E-state index in [1.807, 2.05) is 6.92 Å². The number of thiocarbonyl (C=S) groups is 1. The molecule has 0 spiro atoms. The highest BCUT2D eigenvalue weighted by Crippen LogP contribution is 2.44. The molecule has 1 fully saturated rings. The van der Waals surface area contributed by atoms with Crippen molar-refractivity contribution in [2.75, 3.05) is 6.61 Å². The van der Waals surface area contributed by atoms with Gasteiger partial charge in [-0.05, 0) is 54.8 Å². The van der Waals surface area contributed by atoms with Gasteiger partial charge >= 0.3 is 0 Å². The minimum atomic E-state index is -0.435. The summed E-state index contributed by atoms with van der Waals surface area (Å²) >= 11 is 6.98. The lowest BCUT2D eigenvalue weighted by Gasteiger charge is -2.28. The Hall–Kier alpha value is -1.07. The van der Waals surface area contributed by atoms with Crippen LogP contribution in [0.25, 0.3) is 10.4 Å². The van der Waals surface area contributed by atoms with Gasteiger partial charge < -0.3 is 9.47 Å². The first kappa shape index (κ1) is 17.7. The van der Waals surface area contributed by atoms with E-state index in [2.05, 4.69) is 56.5 Å². The quantitative estimate of drug-likeness (QED) is 0.486. The predicted octanol–water partition coefficient (Wildman–Crippen LogP) is 5.93. The molecule has 128 valence electrons. The van der Waals surface area contributed by atoms with Gasteiger partial charge in [-0.2, -0.15) is 0 Å². The van der Waals surface area contributed by atoms with E-state index in [9.17, 15) is 0 Å². The Morgan fingerprint density at radius 1 is 1.21 bits per heavy atom. The molecule has 1 aromatic heterocycles. The molecule has 0 aliphatic carbocycles. The molecule has 1 aromatic carbocycles. The van der Waals surface area contributed by atoms with Crippen LogP contribution in [0.5, 0.6) is 0 Å². The zero-order chi connectivity index (χ0) is 17.4. The highest BCUT2D eigenvalue weighted by molar-refractivity contribution is 7.80. The molecule has 0 bridgehead atoms. The van der Waals surface area contributed by atoms with E-state index in [0.717, 1.165) is 23.3 Å². The van der Waals surface area contributed by atoms with Gasteiger partial charge in [0.1, 0.15) is 5.60 Å². The highest BCUT2D eigenvalue weighted by Gasteiger charge is 2.47. The number of rotatable bonds is 5. The molecule has 24 heavy (non-hydrogen) atoms. The fraction of sp³-hybridized carbons (Fsp3) is 0.450. The summed E-state index contributed by atoms with van der Waals surface area (Å²) in [6.07, 6.45) is 1.74. The second kappa shape index (κ2) is 6.68. The zero-order valence-corrected chi connectivity index (χ0v) is 16.4. The number of hydrogen-bond acceptors (Lipinski definition) is 4. The SMILES string of the molecule is CCC1(CC)OCC(C)(c2csc(-c3ccc(C(C)=S)cc3)c2)O1. The smallest absolute Gasteiger partial charge is 0.169 e. The maximum absolute atomic E-state index is 6.39. The topological polar surface area (TPSA) is 18.5 Å². The average molecular weight is 361 g/mol. The van der Waals surface area contributed by atoms with Crippen LogP contribution in [0.3, 0.4) is 0 Å². The maximum atomic E-state index is 6.39. The summed E-state index contributed by atoms with van der Waals surface area (Å²) in [6, 6.07) is 10.7. The van der Waals surface area contributed by atoms with E-state index in [1.165, 1.54) is 16.0 Å². The van der Waals surface area contributed by atoms with Crippen molar-refractivity contribution in [1.29, 1.82) is 0 Å². The first-order valence-electron chi connectivity index (χ1n) is 8.46. The van der Waals surface area contributed by atoms with E-state index in [0.29, 0.717) is 6.61 Å². The summed E-state index contributed by atoms with van der Waals surface area (Å²) in [7, 11) is 0. The lowest BCUT2D eigenvalue weighted by molar-refractivity contribution is -0.190. The van der Waals surface area contributed by atoms with E-state index in [4.69, 9.17) is 21.7 Å². The molecule has 0 amide bonds. The Labute approximate surface area is 153 Å². The molecule has 0 N–H and O–H groups in total. The Kier molecular flexibility index (Phi) is 4.94. The van der Waals surface area contributed by atoms with Gasteiger partial charge in [-0.25, -0.2) is 0 Å². The van der Waals surface area contributed by atoms with Crippen molar-refractivity contribution in [1.82, 2.24) is 0 Å². The van der Waals surface area contributed by atoms with Crippen LogP contribution in [-0.2, 0) is 15.1 Å². The van der Waals surface area contributed by atoms with E-state index in [-0.39, 0.29) is 5.60 Å². The molecule has 2 heterocycles. The fourth-order valence-electron chi connectivity index (χ4n) is 3.11. The molecular formula is C20H24O2S2. The van der Waals surface area contributed by atoms with Crippen molar-refractivity contribution in [3.8, 4) is 10.4 Å². The van der Waals surface area contributed by atoms with Gasteiger partial charge in [0.25, 0.3) is 0 Å². The Morgan fingerprint density at radius 2 is 1.88 bits per heavy atom. The van der Waals surface area contributed by atoms with Crippen LogP contribution in [0.15, 0.2) is 35.7 Å². The highest BCUT2D eigenvalue weighted by atomic mass is 32.1. The van der Waals surface area contributed by atoms with Crippen molar-refractivity contribution < 1.29 is 9.47 Å². The largest absolute Gasteiger partial charge is 0.347 e. The number of ether oxygens (including phenoxy) is 2. The van der Waals surface area contributed by atoms with Crippen molar-refractivity contribution in [2.24, 2.45) is 0 Å². The van der Waals surface area contributed by atoms with E-state index < -0.39 is 5.79 Å². The maximum Gasteiger partial charge on any atom is 0.169 e. The molecule has 0 radical (unpaired) electrons. The summed E-state index contributed by atoms with van der Waals surface area (Å²) in [4.78, 5) is 2.17. The molecule has 4 heteroatoms. The first-order chi connectivity index (χ1) is 11.4. The molecule has 0 saturated carbocycles. The molecule has 2 nitrogen and oxygen atoms in total. The Morgan fingerprint density at radius 3 is 2.42 bits per heavy atom. The summed E-state index contributed by atoms with van der Waals surface area (Å²) in [5, 5.41) is 2.19. The number of benzene rings is 1. The van der Waals surface area contributed by atoms with Gasteiger partial charge in [-0.3, -0.25) is 0 Å². The van der Waals surface area contributed by atoms with Crippen LogP contribution >= 0.6 is 23.6 Å². The monoisotopic (exact) mass is 360 g/mol. The molecule has 2 aromatic rings. The van der Waals surface area contributed by atoms with Crippen molar-refractivity contribution in [3.05, 3.63) is 46.8 Å². The van der Waals surface area contributed by atoms with Crippen LogP contribution in [0, 0.1) is 0 Å². The normalized spacial score (nSPS) is 22.7. The molecule has 1 aliphatic heterocycles. The predicted molar refractivity (Wildman–Crippen MR) is 105 cm³/mol. The average Bonchev–Trinajstić information content (AvgIpc) is 3.21. The first-order valence-corrected chi connectivity index (χ1v) is 9.75. The third-order valence-corrected chi connectivity index (χ3v) is 6.10. The Balaban J connectivity index is 1.84. The third kappa shape index (κ3) is 3.21. The molecule has 3 rings (SSSR count). The van der Waals surface area contributed by atoms with Gasteiger partial charge in [0, 0.05) is 9.74 Å². The standard InChI is InChI=1S/C20H24O2S2/c1-5-20(6-2)21-13-19(4,22-20)17-11-18(24-12-17)16-9-7-15(8-10-16)14(3)23/h7-12H,5-6,13H2,1-4H3. The minimum Gasteiger partial charge on any atom is -0.347 e. The second-order valence-electron chi connectivity index (χ2n) is 6.57. The summed E-state index contributed by atoms with van der Waals surface area (Å²) in [6.45, 7) is 8.93. The van der Waals surface area contributed by atoms with Crippen LogP contribution < -0.4 is 0 Å². The van der Waals surface area contributed by atoms with Gasteiger partial charge in [0.15, 0.2) is 5.79 Å². The van der Waals surface area contributed by atoms with Crippen LogP contribution in [0.1, 0.15) is 51.7 Å². The lowest BCUT2D eigenvalue weighted by Crippen LogP contribution is -2.32. The second-order valence-corrected chi connectivity index (χ2v) is 8.10. The molecular weight excluding hydrogens is 336 g/mol. The Bertz CT molecular complexity index is 728. The molecule has 1 aliphatic rings. The van der Waals surface area contributed by atoms with Crippen molar-refractivity contribution in [3.63, 3.8) is 0 Å². The van der Waals surface area contributed by atoms with Crippen LogP contribution in [0.4, 0.5) is 0 Å². The molecule has 1 unspecified atom stereocenters. The number of hydrogen-bond donors (Lipinski definition) is 0. The van der Waals surface area contributed by atoms with Gasteiger partial charge in [-0.15, -0.1) is 11.3 Å². The van der Waals surface area contributed by atoms with Crippen molar-refractivity contribution >= 4 is 28.4 Å². The summed E-state index contributed by atoms with van der Waals surface area (Å²) in [5.41, 5.74) is 3.15. The minimum absolute atomic E-state index is 0.369. The zero-order valence-electron chi connectivity index (χ0n) is 14.7. The van der Waals surface area contributed by atoms with Gasteiger partial charge in [0.2, 0.25) is 0 Å². The van der Waals surface area contributed by atoms with Crippen LogP contribution in [0.2, 0.25) is 0 Å². The fourth-order valence-corrected chi connectivity index (χ4v) is 4.29. The summed E-state index contributed by atoms with van der Waals surface area (Å²) in [5.74, 6) is -0.435. The van der Waals surface area contributed by atoms with Crippen molar-refractivity contribution in [2.45, 2.75) is 51.9 Å². The van der Waals surface area contributed by atoms with Gasteiger partial charge in [0.05, 0.1) is 6.61 Å². The molecule has 1 atom stereocenters. The summed E-state index contributed by atoms with van der Waals surface area (Å²) < 4.78 is 12.4. The third-order valence-electron chi connectivity index (χ3n) is 4.89. The van der Waals surface area contributed by atoms with E-state index in [1.54, 1.807) is 11.3 Å². The van der Waals surface area contributed by atoms with Crippen LogP contribution in [-0.4, -0.2) is 17.3 Å². The molecule has 1 saturated heterocycles. The van der Waals surface area contributed by atoms with E-state index >= 15 is 0 Å².